The lowest BCUT2D eigenvalue weighted by molar-refractivity contribution is -0.122. The first-order valence-electron chi connectivity index (χ1n) is 6.82. The predicted molar refractivity (Wildman–Crippen MR) is 72.5 cm³/mol. The Hall–Kier alpha value is -1.16. The summed E-state index contributed by atoms with van der Waals surface area (Å²) in [6, 6.07) is 1.91. The molecule has 1 unspecified atom stereocenters. The van der Waals surface area contributed by atoms with E-state index in [-0.39, 0.29) is 12.5 Å². The van der Waals surface area contributed by atoms with E-state index in [0.717, 1.165) is 39.2 Å². The number of rotatable bonds is 8. The SMILES string of the molecule is COCCNCC1CCCN(CC(=O)NCC#N)C1. The van der Waals surface area contributed by atoms with Gasteiger partial charge in [-0.2, -0.15) is 5.26 Å². The second kappa shape index (κ2) is 9.73. The summed E-state index contributed by atoms with van der Waals surface area (Å²) in [6.45, 7) is 4.97. The van der Waals surface area contributed by atoms with Crippen LogP contribution < -0.4 is 10.6 Å². The van der Waals surface area contributed by atoms with E-state index in [4.69, 9.17) is 10.00 Å². The van der Waals surface area contributed by atoms with Crippen LogP contribution >= 0.6 is 0 Å². The van der Waals surface area contributed by atoms with Gasteiger partial charge in [0, 0.05) is 20.2 Å². The Labute approximate surface area is 115 Å². The van der Waals surface area contributed by atoms with Crippen molar-refractivity contribution in [1.82, 2.24) is 15.5 Å². The summed E-state index contributed by atoms with van der Waals surface area (Å²) in [7, 11) is 1.70. The third-order valence-electron chi connectivity index (χ3n) is 3.25. The molecule has 1 rings (SSSR count). The first-order valence-corrected chi connectivity index (χ1v) is 6.82. The molecule has 1 aliphatic rings. The molecule has 0 radical (unpaired) electrons. The van der Waals surface area contributed by atoms with Crippen molar-refractivity contribution in [3.05, 3.63) is 0 Å². The molecule has 0 aromatic heterocycles. The minimum Gasteiger partial charge on any atom is -0.383 e. The summed E-state index contributed by atoms with van der Waals surface area (Å²) in [6.07, 6.45) is 2.33. The Morgan fingerprint density at radius 2 is 2.42 bits per heavy atom. The van der Waals surface area contributed by atoms with Crippen LogP contribution in [-0.4, -0.2) is 63.8 Å². The molecule has 0 aromatic carbocycles. The molecule has 1 amide bonds. The van der Waals surface area contributed by atoms with Gasteiger partial charge in [-0.15, -0.1) is 0 Å². The van der Waals surface area contributed by atoms with E-state index < -0.39 is 0 Å². The summed E-state index contributed by atoms with van der Waals surface area (Å²) in [5.41, 5.74) is 0. The number of ether oxygens (including phenoxy) is 1. The van der Waals surface area contributed by atoms with Gasteiger partial charge in [0.2, 0.25) is 5.91 Å². The maximum Gasteiger partial charge on any atom is 0.235 e. The van der Waals surface area contributed by atoms with Gasteiger partial charge in [-0.3, -0.25) is 9.69 Å². The van der Waals surface area contributed by atoms with E-state index in [1.807, 2.05) is 6.07 Å². The lowest BCUT2D eigenvalue weighted by Crippen LogP contribution is -2.44. The Kier molecular flexibility index (Phi) is 8.14. The molecule has 0 aromatic rings. The maximum atomic E-state index is 11.5. The molecule has 1 saturated heterocycles. The van der Waals surface area contributed by atoms with Crippen molar-refractivity contribution in [3.63, 3.8) is 0 Å². The topological polar surface area (TPSA) is 77.4 Å². The molecule has 108 valence electrons. The molecule has 1 fully saturated rings. The van der Waals surface area contributed by atoms with Crippen molar-refractivity contribution < 1.29 is 9.53 Å². The number of hydrogen-bond donors (Lipinski definition) is 2. The molecule has 0 spiro atoms. The number of amides is 1. The van der Waals surface area contributed by atoms with Crippen LogP contribution in [0.3, 0.4) is 0 Å². The molecule has 0 aliphatic carbocycles. The summed E-state index contributed by atoms with van der Waals surface area (Å²) in [4.78, 5) is 13.7. The monoisotopic (exact) mass is 268 g/mol. The molecule has 0 bridgehead atoms. The Balaban J connectivity index is 2.18. The van der Waals surface area contributed by atoms with Crippen molar-refractivity contribution in [2.45, 2.75) is 12.8 Å². The van der Waals surface area contributed by atoms with E-state index in [1.165, 1.54) is 6.42 Å². The van der Waals surface area contributed by atoms with Crippen LogP contribution in [0.5, 0.6) is 0 Å². The summed E-state index contributed by atoms with van der Waals surface area (Å²) in [5, 5.41) is 14.4. The Bertz CT molecular complexity index is 304. The minimum absolute atomic E-state index is 0.0606. The van der Waals surface area contributed by atoms with Crippen molar-refractivity contribution in [3.8, 4) is 6.07 Å². The van der Waals surface area contributed by atoms with Gasteiger partial charge >= 0.3 is 0 Å². The van der Waals surface area contributed by atoms with E-state index >= 15 is 0 Å². The van der Waals surface area contributed by atoms with Crippen molar-refractivity contribution in [2.75, 3.05) is 53.0 Å². The number of methoxy groups -OCH3 is 1. The highest BCUT2D eigenvalue weighted by Crippen LogP contribution is 2.15. The van der Waals surface area contributed by atoms with Crippen LogP contribution in [0, 0.1) is 17.2 Å². The molecule has 0 saturated carbocycles. The fraction of sp³-hybridized carbons (Fsp3) is 0.846. The number of carbonyl (C=O) groups excluding carboxylic acids is 1. The molecule has 1 heterocycles. The van der Waals surface area contributed by atoms with Gasteiger partial charge in [-0.1, -0.05) is 0 Å². The fourth-order valence-electron chi connectivity index (χ4n) is 2.34. The predicted octanol–water partition coefficient (Wildman–Crippen LogP) is -0.426. The van der Waals surface area contributed by atoms with Crippen LogP contribution in [-0.2, 0) is 9.53 Å². The first-order chi connectivity index (χ1) is 9.26. The third-order valence-corrected chi connectivity index (χ3v) is 3.25. The maximum absolute atomic E-state index is 11.5. The van der Waals surface area contributed by atoms with Gasteiger partial charge in [0.1, 0.15) is 6.54 Å². The quantitative estimate of drug-likeness (QED) is 0.461. The average molecular weight is 268 g/mol. The largest absolute Gasteiger partial charge is 0.383 e. The molecule has 1 aliphatic heterocycles. The third kappa shape index (κ3) is 7.11. The second-order valence-electron chi connectivity index (χ2n) is 4.88. The number of likely N-dealkylation sites (tertiary alicyclic amines) is 1. The van der Waals surface area contributed by atoms with Crippen LogP contribution in [0.15, 0.2) is 0 Å². The zero-order valence-corrected chi connectivity index (χ0v) is 11.7. The summed E-state index contributed by atoms with van der Waals surface area (Å²) in [5.74, 6) is 0.531. The summed E-state index contributed by atoms with van der Waals surface area (Å²) >= 11 is 0. The smallest absolute Gasteiger partial charge is 0.235 e. The van der Waals surface area contributed by atoms with Gasteiger partial charge in [0.25, 0.3) is 0 Å². The van der Waals surface area contributed by atoms with Crippen LogP contribution in [0.25, 0.3) is 0 Å². The standard InChI is InChI=1S/C13H24N4O2/c1-19-8-6-15-9-12-3-2-7-17(10-12)11-13(18)16-5-4-14/h12,15H,2-3,5-11H2,1H3,(H,16,18). The van der Waals surface area contributed by atoms with E-state index in [1.54, 1.807) is 7.11 Å². The number of hydrogen-bond acceptors (Lipinski definition) is 5. The Morgan fingerprint density at radius 3 is 3.16 bits per heavy atom. The van der Waals surface area contributed by atoms with Crippen LogP contribution in [0.1, 0.15) is 12.8 Å². The van der Waals surface area contributed by atoms with Gasteiger partial charge < -0.3 is 15.4 Å². The minimum atomic E-state index is -0.0606. The zero-order chi connectivity index (χ0) is 13.9. The number of carbonyl (C=O) groups is 1. The van der Waals surface area contributed by atoms with Gasteiger partial charge in [0.05, 0.1) is 19.2 Å². The van der Waals surface area contributed by atoms with E-state index in [9.17, 15) is 4.79 Å². The lowest BCUT2D eigenvalue weighted by atomic mass is 9.98. The number of nitriles is 1. The van der Waals surface area contributed by atoms with Gasteiger partial charge in [-0.25, -0.2) is 0 Å². The lowest BCUT2D eigenvalue weighted by Gasteiger charge is -2.32. The molecule has 1 atom stereocenters. The molecule has 2 N–H and O–H groups in total. The molecule has 6 heteroatoms. The van der Waals surface area contributed by atoms with E-state index in [2.05, 4.69) is 15.5 Å². The normalized spacial score (nSPS) is 19.9. The molecule has 6 nitrogen and oxygen atoms in total. The van der Waals surface area contributed by atoms with Gasteiger partial charge in [0.15, 0.2) is 0 Å². The number of nitrogens with zero attached hydrogens (tertiary/aromatic N) is 2. The zero-order valence-electron chi connectivity index (χ0n) is 11.7. The molecular formula is C13H24N4O2. The van der Waals surface area contributed by atoms with Crippen LogP contribution in [0.4, 0.5) is 0 Å². The summed E-state index contributed by atoms with van der Waals surface area (Å²) < 4.78 is 4.99. The fourth-order valence-corrected chi connectivity index (χ4v) is 2.34. The second-order valence-corrected chi connectivity index (χ2v) is 4.88. The first kappa shape index (κ1) is 15.9. The molecular weight excluding hydrogens is 244 g/mol. The van der Waals surface area contributed by atoms with Crippen molar-refractivity contribution in [1.29, 1.82) is 5.26 Å². The Morgan fingerprint density at radius 1 is 1.58 bits per heavy atom. The number of piperidine rings is 1. The molecule has 19 heavy (non-hydrogen) atoms. The van der Waals surface area contributed by atoms with Crippen molar-refractivity contribution in [2.24, 2.45) is 5.92 Å². The highest BCUT2D eigenvalue weighted by atomic mass is 16.5. The highest BCUT2D eigenvalue weighted by molar-refractivity contribution is 5.78. The average Bonchev–Trinajstić information content (AvgIpc) is 2.42. The highest BCUT2D eigenvalue weighted by Gasteiger charge is 2.21. The number of nitrogens with one attached hydrogen (secondary N) is 2. The van der Waals surface area contributed by atoms with Crippen molar-refractivity contribution >= 4 is 5.91 Å². The van der Waals surface area contributed by atoms with Gasteiger partial charge in [-0.05, 0) is 31.8 Å². The van der Waals surface area contributed by atoms with Crippen LogP contribution in [0.2, 0.25) is 0 Å². The van der Waals surface area contributed by atoms with E-state index in [0.29, 0.717) is 12.5 Å².